The molecule has 1 fully saturated rings. The minimum Gasteiger partial charge on any atom is -0.489 e. The van der Waals surface area contributed by atoms with Gasteiger partial charge in [-0.05, 0) is 30.7 Å². The van der Waals surface area contributed by atoms with Crippen molar-refractivity contribution in [1.82, 2.24) is 0 Å². The second-order valence-corrected chi connectivity index (χ2v) is 6.71. The maximum Gasteiger partial charge on any atom is 0.230 e. The van der Waals surface area contributed by atoms with Crippen LogP contribution in [-0.4, -0.2) is 23.5 Å². The topological polar surface area (TPSA) is 38.3 Å². The number of rotatable bonds is 6. The van der Waals surface area contributed by atoms with E-state index < -0.39 is 5.41 Å². The summed E-state index contributed by atoms with van der Waals surface area (Å²) in [5, 5.41) is 2.93. The van der Waals surface area contributed by atoms with Crippen LogP contribution in [0.1, 0.15) is 20.3 Å². The van der Waals surface area contributed by atoms with Gasteiger partial charge in [-0.25, -0.2) is 0 Å². The molecule has 0 spiro atoms. The summed E-state index contributed by atoms with van der Waals surface area (Å²) in [4.78, 5) is 12.1. The Balaban J connectivity index is 1.92. The lowest BCUT2D eigenvalue weighted by Gasteiger charge is -2.26. The van der Waals surface area contributed by atoms with Crippen molar-refractivity contribution in [3.8, 4) is 5.75 Å². The van der Waals surface area contributed by atoms with Crippen molar-refractivity contribution < 1.29 is 9.53 Å². The van der Waals surface area contributed by atoms with Crippen molar-refractivity contribution in [2.75, 3.05) is 16.8 Å². The number of hydrogen-bond acceptors (Lipinski definition) is 3. The first-order valence-corrected chi connectivity index (χ1v) is 7.93. The summed E-state index contributed by atoms with van der Waals surface area (Å²) in [6.45, 7) is 7.51. The molecule has 1 N–H and O–H groups in total. The molecule has 20 heavy (non-hydrogen) atoms. The fourth-order valence-corrected chi connectivity index (χ4v) is 2.41. The molecule has 0 unspecified atom stereocenters. The molecular formula is C16H21NO2S. The number of nitrogens with one attached hydrogen (secondary N) is 1. The zero-order chi connectivity index (χ0) is 14.6. The summed E-state index contributed by atoms with van der Waals surface area (Å²) in [7, 11) is 0. The van der Waals surface area contributed by atoms with E-state index in [2.05, 4.69) is 11.9 Å². The number of hydrogen-bond donors (Lipinski definition) is 1. The molecule has 4 heteroatoms. The molecule has 3 nitrogen and oxygen atoms in total. The van der Waals surface area contributed by atoms with Crippen LogP contribution in [0.4, 0.5) is 5.69 Å². The fraction of sp³-hybridized carbons (Fsp3) is 0.438. The molecule has 1 aromatic rings. The third kappa shape index (κ3) is 3.79. The molecule has 0 saturated carbocycles. The number of thioether (sulfide) groups is 1. The Kier molecular flexibility index (Phi) is 4.76. The molecule has 0 atom stereocenters. The van der Waals surface area contributed by atoms with Gasteiger partial charge in [0.05, 0.1) is 0 Å². The van der Waals surface area contributed by atoms with Crippen LogP contribution < -0.4 is 10.1 Å². The van der Waals surface area contributed by atoms with E-state index in [-0.39, 0.29) is 5.91 Å². The van der Waals surface area contributed by atoms with Gasteiger partial charge in [-0.3, -0.25) is 4.79 Å². The molecule has 0 aromatic heterocycles. The highest BCUT2D eigenvalue weighted by atomic mass is 32.2. The van der Waals surface area contributed by atoms with Gasteiger partial charge in [-0.2, -0.15) is 11.8 Å². The monoisotopic (exact) mass is 291 g/mol. The first kappa shape index (κ1) is 15.0. The molecule has 1 aromatic carbocycles. The van der Waals surface area contributed by atoms with Gasteiger partial charge in [-0.15, -0.1) is 6.58 Å². The second kappa shape index (κ2) is 6.35. The number of ether oxygens (including phenoxy) is 1. The van der Waals surface area contributed by atoms with Gasteiger partial charge in [0.25, 0.3) is 0 Å². The quantitative estimate of drug-likeness (QED) is 0.812. The van der Waals surface area contributed by atoms with E-state index >= 15 is 0 Å². The summed E-state index contributed by atoms with van der Waals surface area (Å²) >= 11 is 1.89. The predicted molar refractivity (Wildman–Crippen MR) is 85.4 cm³/mol. The molecule has 1 aliphatic heterocycles. The average molecular weight is 291 g/mol. The molecule has 0 aliphatic carbocycles. The van der Waals surface area contributed by atoms with Crippen LogP contribution >= 0.6 is 11.8 Å². The molecule has 108 valence electrons. The Morgan fingerprint density at radius 3 is 2.60 bits per heavy atom. The molecule has 0 radical (unpaired) electrons. The van der Waals surface area contributed by atoms with Gasteiger partial charge in [0.1, 0.15) is 11.9 Å². The van der Waals surface area contributed by atoms with E-state index in [0.29, 0.717) is 12.5 Å². The predicted octanol–water partition coefficient (Wildman–Crippen LogP) is 3.72. The maximum atomic E-state index is 12.1. The van der Waals surface area contributed by atoms with E-state index in [4.69, 9.17) is 4.74 Å². The van der Waals surface area contributed by atoms with Gasteiger partial charge < -0.3 is 10.1 Å². The van der Waals surface area contributed by atoms with E-state index in [0.717, 1.165) is 22.9 Å². The molecular weight excluding hydrogens is 270 g/mol. The zero-order valence-electron chi connectivity index (χ0n) is 12.0. The van der Waals surface area contributed by atoms with E-state index in [9.17, 15) is 4.79 Å². The van der Waals surface area contributed by atoms with Gasteiger partial charge in [0.15, 0.2) is 0 Å². The van der Waals surface area contributed by atoms with Gasteiger partial charge in [0, 0.05) is 22.6 Å². The highest BCUT2D eigenvalue weighted by Crippen LogP contribution is 2.26. The highest BCUT2D eigenvalue weighted by molar-refractivity contribution is 8.00. The number of allylic oxidation sites excluding steroid dienone is 1. The first-order valence-electron chi connectivity index (χ1n) is 6.78. The zero-order valence-corrected chi connectivity index (χ0v) is 12.8. The minimum atomic E-state index is -0.444. The maximum absolute atomic E-state index is 12.1. The lowest BCUT2D eigenvalue weighted by Crippen LogP contribution is -2.31. The van der Waals surface area contributed by atoms with Crippen LogP contribution in [0, 0.1) is 5.41 Å². The van der Waals surface area contributed by atoms with Crippen LogP contribution in [0.3, 0.4) is 0 Å². The Morgan fingerprint density at radius 2 is 2.10 bits per heavy atom. The van der Waals surface area contributed by atoms with Crippen molar-refractivity contribution in [3.05, 3.63) is 36.9 Å². The van der Waals surface area contributed by atoms with Gasteiger partial charge in [0.2, 0.25) is 5.91 Å². The van der Waals surface area contributed by atoms with Crippen LogP contribution in [0.2, 0.25) is 0 Å². The van der Waals surface area contributed by atoms with Crippen LogP contribution in [-0.2, 0) is 4.79 Å². The third-order valence-corrected chi connectivity index (χ3v) is 4.51. The summed E-state index contributed by atoms with van der Waals surface area (Å²) < 4.78 is 5.77. The van der Waals surface area contributed by atoms with Crippen molar-refractivity contribution >= 4 is 23.4 Å². The average Bonchev–Trinajstić information content (AvgIpc) is 2.35. The van der Waals surface area contributed by atoms with Crippen molar-refractivity contribution in [3.63, 3.8) is 0 Å². The Labute approximate surface area is 124 Å². The fourth-order valence-electron chi connectivity index (χ4n) is 1.85. The van der Waals surface area contributed by atoms with E-state index in [1.54, 1.807) is 6.08 Å². The number of carbonyl (C=O) groups is 1. The smallest absolute Gasteiger partial charge is 0.230 e. The Morgan fingerprint density at radius 1 is 1.45 bits per heavy atom. The number of benzene rings is 1. The molecule has 1 heterocycles. The van der Waals surface area contributed by atoms with Gasteiger partial charge >= 0.3 is 0 Å². The third-order valence-electron chi connectivity index (χ3n) is 3.29. The van der Waals surface area contributed by atoms with Crippen LogP contribution in [0.25, 0.3) is 0 Å². The Hall–Kier alpha value is -1.42. The molecule has 2 rings (SSSR count). The van der Waals surface area contributed by atoms with Crippen molar-refractivity contribution in [2.45, 2.75) is 26.4 Å². The minimum absolute atomic E-state index is 0.00135. The highest BCUT2D eigenvalue weighted by Gasteiger charge is 2.26. The molecule has 0 bridgehead atoms. The van der Waals surface area contributed by atoms with E-state index in [1.807, 2.05) is 49.9 Å². The molecule has 1 saturated heterocycles. The second-order valence-electron chi connectivity index (χ2n) is 5.63. The SMILES string of the molecule is C=CCC(C)(C)C(=O)Nc1ccc(OC2CSC2)cc1. The normalized spacial score (nSPS) is 15.3. The van der Waals surface area contributed by atoms with Gasteiger partial charge in [-0.1, -0.05) is 19.9 Å². The number of amides is 1. The lowest BCUT2D eigenvalue weighted by atomic mass is 9.88. The summed E-state index contributed by atoms with van der Waals surface area (Å²) in [6, 6.07) is 7.56. The Bertz CT molecular complexity index is 478. The summed E-state index contributed by atoms with van der Waals surface area (Å²) in [5.74, 6) is 2.99. The summed E-state index contributed by atoms with van der Waals surface area (Å²) in [6.07, 6.45) is 2.76. The van der Waals surface area contributed by atoms with Crippen LogP contribution in [0.15, 0.2) is 36.9 Å². The van der Waals surface area contributed by atoms with Crippen molar-refractivity contribution in [2.24, 2.45) is 5.41 Å². The first-order chi connectivity index (χ1) is 9.51. The van der Waals surface area contributed by atoms with E-state index in [1.165, 1.54) is 0 Å². The largest absolute Gasteiger partial charge is 0.489 e. The number of carbonyl (C=O) groups excluding carboxylic acids is 1. The van der Waals surface area contributed by atoms with Crippen molar-refractivity contribution in [1.29, 1.82) is 0 Å². The molecule has 1 aliphatic rings. The molecule has 1 amide bonds. The lowest BCUT2D eigenvalue weighted by molar-refractivity contribution is -0.123. The van der Waals surface area contributed by atoms with Crippen LogP contribution in [0.5, 0.6) is 5.75 Å². The standard InChI is InChI=1S/C16H21NO2S/c1-4-9-16(2,3)15(18)17-12-5-7-13(8-6-12)19-14-10-20-11-14/h4-8,14H,1,9-11H2,2-3H3,(H,17,18). The number of anilines is 1. The summed E-state index contributed by atoms with van der Waals surface area (Å²) in [5.41, 5.74) is 0.350.